The number of carbonyl (C=O) groups is 1. The van der Waals surface area contributed by atoms with E-state index < -0.39 is 0 Å². The highest BCUT2D eigenvalue weighted by Gasteiger charge is 2.28. The molecule has 3 aromatic rings. The fourth-order valence-electron chi connectivity index (χ4n) is 4.43. The van der Waals surface area contributed by atoms with E-state index in [0.29, 0.717) is 10.6 Å². The van der Waals surface area contributed by atoms with Crippen LogP contribution in [0.15, 0.2) is 66.7 Å². The van der Waals surface area contributed by atoms with Crippen molar-refractivity contribution in [3.05, 3.63) is 82.9 Å². The largest absolute Gasteiger partial charge is 0.348 e. The Balaban J connectivity index is 1.50. The van der Waals surface area contributed by atoms with Crippen molar-refractivity contribution in [2.75, 3.05) is 0 Å². The van der Waals surface area contributed by atoms with E-state index in [-0.39, 0.29) is 24.0 Å². The summed E-state index contributed by atoms with van der Waals surface area (Å²) in [7, 11) is 0. The number of carbonyl (C=O) groups excluding carboxylic acids is 1. The monoisotopic (exact) mass is 406 g/mol. The van der Waals surface area contributed by atoms with Crippen LogP contribution in [-0.2, 0) is 0 Å². The maximum absolute atomic E-state index is 12.8. The average Bonchev–Trinajstić information content (AvgIpc) is 2.75. The van der Waals surface area contributed by atoms with Gasteiger partial charge in [-0.25, -0.2) is 0 Å². The summed E-state index contributed by atoms with van der Waals surface area (Å²) in [6, 6.07) is 22.7. The van der Waals surface area contributed by atoms with Crippen molar-refractivity contribution in [1.82, 2.24) is 10.6 Å². The number of hydrogen-bond donors (Lipinski definition) is 2. The van der Waals surface area contributed by atoms with Crippen molar-refractivity contribution in [2.45, 2.75) is 50.7 Å². The van der Waals surface area contributed by atoms with E-state index in [2.05, 4.69) is 60.0 Å². The SMILES string of the molecule is CC(N[C@@H]1CCCC[C@H]1NC(=O)c1ccccc1Cl)c1cccc2ccccc12. The van der Waals surface area contributed by atoms with Gasteiger partial charge in [0.25, 0.3) is 5.91 Å². The molecule has 1 amide bonds. The molecular formula is C25H27ClN2O. The van der Waals surface area contributed by atoms with Crippen LogP contribution in [0.1, 0.15) is 54.6 Å². The Kier molecular flexibility index (Phi) is 6.17. The highest BCUT2D eigenvalue weighted by molar-refractivity contribution is 6.33. The standard InChI is InChI=1S/C25H27ClN2O/c1-17(19-13-8-10-18-9-2-3-11-20(18)19)27-23-15-6-7-16-24(23)28-25(29)21-12-4-5-14-22(21)26/h2-5,8-14,17,23-24,27H,6-7,15-16H2,1H3,(H,28,29)/t17?,23-,24-/m1/s1. The van der Waals surface area contributed by atoms with E-state index >= 15 is 0 Å². The number of fused-ring (bicyclic) bond motifs is 1. The van der Waals surface area contributed by atoms with Crippen molar-refractivity contribution >= 4 is 28.3 Å². The molecule has 1 fully saturated rings. The lowest BCUT2D eigenvalue weighted by Crippen LogP contribution is -2.52. The second-order valence-corrected chi connectivity index (χ2v) is 8.31. The van der Waals surface area contributed by atoms with Gasteiger partial charge in [0.05, 0.1) is 10.6 Å². The minimum Gasteiger partial charge on any atom is -0.348 e. The molecule has 1 unspecified atom stereocenters. The van der Waals surface area contributed by atoms with Crippen molar-refractivity contribution in [1.29, 1.82) is 0 Å². The number of halogens is 1. The van der Waals surface area contributed by atoms with E-state index in [9.17, 15) is 4.79 Å². The van der Waals surface area contributed by atoms with Crippen LogP contribution in [-0.4, -0.2) is 18.0 Å². The van der Waals surface area contributed by atoms with Gasteiger partial charge in [0.15, 0.2) is 0 Å². The molecule has 1 aliphatic carbocycles. The summed E-state index contributed by atoms with van der Waals surface area (Å²) in [5, 5.41) is 10.1. The quantitative estimate of drug-likeness (QED) is 0.555. The Morgan fingerprint density at radius 3 is 2.45 bits per heavy atom. The first-order valence-corrected chi connectivity index (χ1v) is 10.8. The van der Waals surface area contributed by atoms with Crippen LogP contribution < -0.4 is 10.6 Å². The third-order valence-electron chi connectivity index (χ3n) is 5.95. The summed E-state index contributed by atoms with van der Waals surface area (Å²) in [4.78, 5) is 12.8. The molecule has 0 saturated heterocycles. The zero-order valence-electron chi connectivity index (χ0n) is 16.7. The number of nitrogens with one attached hydrogen (secondary N) is 2. The summed E-state index contributed by atoms with van der Waals surface area (Å²) in [6.07, 6.45) is 4.35. The molecule has 2 N–H and O–H groups in total. The predicted octanol–water partition coefficient (Wildman–Crippen LogP) is 5.89. The topological polar surface area (TPSA) is 41.1 Å². The first-order chi connectivity index (χ1) is 14.1. The van der Waals surface area contributed by atoms with Crippen LogP contribution in [0, 0.1) is 0 Å². The van der Waals surface area contributed by atoms with Gasteiger partial charge in [-0.1, -0.05) is 79.0 Å². The molecular weight excluding hydrogens is 380 g/mol. The van der Waals surface area contributed by atoms with E-state index in [0.717, 1.165) is 19.3 Å². The molecule has 150 valence electrons. The van der Waals surface area contributed by atoms with E-state index in [4.69, 9.17) is 11.6 Å². The smallest absolute Gasteiger partial charge is 0.253 e. The fourth-order valence-corrected chi connectivity index (χ4v) is 4.66. The Bertz CT molecular complexity index is 998. The molecule has 3 aromatic carbocycles. The average molecular weight is 407 g/mol. The van der Waals surface area contributed by atoms with Crippen LogP contribution in [0.3, 0.4) is 0 Å². The fraction of sp³-hybridized carbons (Fsp3) is 0.320. The van der Waals surface area contributed by atoms with Gasteiger partial charge < -0.3 is 10.6 Å². The van der Waals surface area contributed by atoms with Gasteiger partial charge in [-0.05, 0) is 48.2 Å². The van der Waals surface area contributed by atoms with Crippen LogP contribution in [0.2, 0.25) is 5.02 Å². The van der Waals surface area contributed by atoms with Gasteiger partial charge in [0.2, 0.25) is 0 Å². The van der Waals surface area contributed by atoms with Gasteiger partial charge >= 0.3 is 0 Å². The molecule has 1 saturated carbocycles. The Morgan fingerprint density at radius 2 is 1.62 bits per heavy atom. The lowest BCUT2D eigenvalue weighted by Gasteiger charge is -2.35. The summed E-state index contributed by atoms with van der Waals surface area (Å²) < 4.78 is 0. The van der Waals surface area contributed by atoms with E-state index in [1.165, 1.54) is 22.8 Å². The minimum absolute atomic E-state index is 0.0906. The van der Waals surface area contributed by atoms with Gasteiger partial charge in [0.1, 0.15) is 0 Å². The molecule has 29 heavy (non-hydrogen) atoms. The molecule has 0 bridgehead atoms. The Hall–Kier alpha value is -2.36. The van der Waals surface area contributed by atoms with Crippen molar-refractivity contribution in [2.24, 2.45) is 0 Å². The molecule has 3 nitrogen and oxygen atoms in total. The summed E-state index contributed by atoms with van der Waals surface area (Å²) in [5.41, 5.74) is 1.84. The van der Waals surface area contributed by atoms with Gasteiger partial charge in [-0.3, -0.25) is 4.79 Å². The zero-order chi connectivity index (χ0) is 20.2. The lowest BCUT2D eigenvalue weighted by molar-refractivity contribution is 0.0913. The lowest BCUT2D eigenvalue weighted by atomic mass is 9.88. The third-order valence-corrected chi connectivity index (χ3v) is 6.28. The zero-order valence-corrected chi connectivity index (χ0v) is 17.5. The van der Waals surface area contributed by atoms with Crippen LogP contribution in [0.5, 0.6) is 0 Å². The highest BCUT2D eigenvalue weighted by Crippen LogP contribution is 2.27. The molecule has 4 rings (SSSR count). The maximum Gasteiger partial charge on any atom is 0.253 e. The minimum atomic E-state index is -0.0906. The summed E-state index contributed by atoms with van der Waals surface area (Å²) in [5.74, 6) is -0.0906. The molecule has 1 aliphatic rings. The Morgan fingerprint density at radius 1 is 0.931 bits per heavy atom. The van der Waals surface area contributed by atoms with Gasteiger partial charge in [-0.15, -0.1) is 0 Å². The first kappa shape index (κ1) is 19.9. The summed E-state index contributed by atoms with van der Waals surface area (Å²) >= 11 is 6.22. The van der Waals surface area contributed by atoms with Crippen LogP contribution in [0.4, 0.5) is 0 Å². The maximum atomic E-state index is 12.8. The molecule has 4 heteroatoms. The normalized spacial score (nSPS) is 20.3. The van der Waals surface area contributed by atoms with Crippen molar-refractivity contribution in [3.8, 4) is 0 Å². The number of hydrogen-bond acceptors (Lipinski definition) is 2. The van der Waals surface area contributed by atoms with E-state index in [1.54, 1.807) is 12.1 Å². The van der Waals surface area contributed by atoms with Gasteiger partial charge in [0, 0.05) is 18.1 Å². The Labute approximate surface area is 177 Å². The molecule has 0 heterocycles. The molecule has 3 atom stereocenters. The van der Waals surface area contributed by atoms with Crippen molar-refractivity contribution in [3.63, 3.8) is 0 Å². The van der Waals surface area contributed by atoms with E-state index in [1.807, 2.05) is 12.1 Å². The van der Waals surface area contributed by atoms with Crippen molar-refractivity contribution < 1.29 is 4.79 Å². The third kappa shape index (κ3) is 4.47. The van der Waals surface area contributed by atoms with Crippen LogP contribution in [0.25, 0.3) is 10.8 Å². The molecule has 0 spiro atoms. The number of rotatable bonds is 5. The summed E-state index contributed by atoms with van der Waals surface area (Å²) in [6.45, 7) is 2.21. The predicted molar refractivity (Wildman–Crippen MR) is 120 cm³/mol. The number of amides is 1. The van der Waals surface area contributed by atoms with Gasteiger partial charge in [-0.2, -0.15) is 0 Å². The second kappa shape index (κ2) is 8.98. The first-order valence-electron chi connectivity index (χ1n) is 10.4. The highest BCUT2D eigenvalue weighted by atomic mass is 35.5. The van der Waals surface area contributed by atoms with Crippen LogP contribution >= 0.6 is 11.6 Å². The molecule has 0 aliphatic heterocycles. The number of benzene rings is 3. The molecule has 0 radical (unpaired) electrons. The molecule has 0 aromatic heterocycles. The second-order valence-electron chi connectivity index (χ2n) is 7.91.